The number of hydrogen-bond donors (Lipinski definition) is 2. The Kier molecular flexibility index (Phi) is 4.12. The Bertz CT molecular complexity index is 643. The van der Waals surface area contributed by atoms with Crippen molar-refractivity contribution in [1.29, 1.82) is 0 Å². The number of carbonyl (C=O) groups excluding carboxylic acids is 1. The van der Waals surface area contributed by atoms with Gasteiger partial charge in [-0.15, -0.1) is 0 Å². The molecule has 19 heavy (non-hydrogen) atoms. The zero-order valence-corrected chi connectivity index (χ0v) is 12.5. The quantitative estimate of drug-likeness (QED) is 0.804. The molecule has 0 unspecified atom stereocenters. The fraction of sp³-hybridized carbons (Fsp3) is 0.0714. The Morgan fingerprint density at radius 1 is 1.32 bits per heavy atom. The van der Waals surface area contributed by atoms with Crippen molar-refractivity contribution in [3.05, 3.63) is 57.0 Å². The van der Waals surface area contributed by atoms with E-state index in [4.69, 9.17) is 17.3 Å². The summed E-state index contributed by atoms with van der Waals surface area (Å²) in [5, 5.41) is 3.16. The van der Waals surface area contributed by atoms with E-state index in [0.29, 0.717) is 16.3 Å². The van der Waals surface area contributed by atoms with Gasteiger partial charge in [0, 0.05) is 10.2 Å². The Morgan fingerprint density at radius 2 is 2.05 bits per heavy atom. The molecule has 5 heteroatoms. The Morgan fingerprint density at radius 3 is 2.74 bits per heavy atom. The van der Waals surface area contributed by atoms with Crippen molar-refractivity contribution in [3.8, 4) is 0 Å². The highest BCUT2D eigenvalue weighted by molar-refractivity contribution is 9.10. The third-order valence-electron chi connectivity index (χ3n) is 2.73. The average Bonchev–Trinajstić information content (AvgIpc) is 2.37. The van der Waals surface area contributed by atoms with Crippen molar-refractivity contribution in [2.75, 3.05) is 11.1 Å². The second-order valence-electron chi connectivity index (χ2n) is 4.12. The highest BCUT2D eigenvalue weighted by atomic mass is 79.9. The summed E-state index contributed by atoms with van der Waals surface area (Å²) in [7, 11) is 0. The lowest BCUT2D eigenvalue weighted by molar-refractivity contribution is 0.102. The molecule has 0 bridgehead atoms. The topological polar surface area (TPSA) is 55.1 Å². The Balaban J connectivity index is 2.26. The molecular weight excluding hydrogens is 328 g/mol. The number of nitrogens with one attached hydrogen (secondary N) is 1. The molecule has 0 aliphatic heterocycles. The number of halogens is 2. The number of rotatable bonds is 2. The second-order valence-corrected chi connectivity index (χ2v) is 5.38. The fourth-order valence-electron chi connectivity index (χ4n) is 1.60. The first-order valence-corrected chi connectivity index (χ1v) is 6.77. The number of nitrogen functional groups attached to an aromatic ring is 1. The van der Waals surface area contributed by atoms with Crippen LogP contribution < -0.4 is 11.1 Å². The Hall–Kier alpha value is -1.52. The predicted octanol–water partition coefficient (Wildman–Crippen LogP) is 4.25. The lowest BCUT2D eigenvalue weighted by Crippen LogP contribution is -2.14. The van der Waals surface area contributed by atoms with Crippen LogP contribution in [0.1, 0.15) is 15.9 Å². The van der Waals surface area contributed by atoms with Gasteiger partial charge in [0.15, 0.2) is 0 Å². The first-order valence-electron chi connectivity index (χ1n) is 5.60. The van der Waals surface area contributed by atoms with E-state index in [-0.39, 0.29) is 11.6 Å². The molecule has 0 radical (unpaired) electrons. The van der Waals surface area contributed by atoms with E-state index < -0.39 is 0 Å². The summed E-state index contributed by atoms with van der Waals surface area (Å²) in [6.45, 7) is 1.98. The molecule has 0 saturated carbocycles. The van der Waals surface area contributed by atoms with Gasteiger partial charge < -0.3 is 11.1 Å². The summed E-state index contributed by atoms with van der Waals surface area (Å²) in [4.78, 5) is 12.1. The maximum Gasteiger partial charge on any atom is 0.257 e. The van der Waals surface area contributed by atoms with Gasteiger partial charge in [-0.25, -0.2) is 0 Å². The number of hydrogen-bond acceptors (Lipinski definition) is 2. The number of para-hydroxylation sites is 1. The van der Waals surface area contributed by atoms with E-state index in [1.54, 1.807) is 18.2 Å². The largest absolute Gasteiger partial charge is 0.397 e. The van der Waals surface area contributed by atoms with Gasteiger partial charge in [0.1, 0.15) is 0 Å². The molecule has 0 saturated heterocycles. The summed E-state index contributed by atoms with van der Waals surface area (Å²) in [5.41, 5.74) is 8.23. The molecule has 0 heterocycles. The molecule has 2 aromatic rings. The van der Waals surface area contributed by atoms with Crippen LogP contribution in [0.5, 0.6) is 0 Å². The van der Waals surface area contributed by atoms with Gasteiger partial charge >= 0.3 is 0 Å². The third-order valence-corrected chi connectivity index (χ3v) is 3.91. The minimum Gasteiger partial charge on any atom is -0.397 e. The molecule has 0 aromatic heterocycles. The van der Waals surface area contributed by atoms with Crippen LogP contribution in [0.3, 0.4) is 0 Å². The molecule has 3 N–H and O–H groups in total. The molecule has 98 valence electrons. The monoisotopic (exact) mass is 338 g/mol. The van der Waals surface area contributed by atoms with Gasteiger partial charge in [-0.1, -0.05) is 39.7 Å². The van der Waals surface area contributed by atoms with Crippen molar-refractivity contribution < 1.29 is 4.79 Å². The third kappa shape index (κ3) is 3.08. The second kappa shape index (κ2) is 5.63. The van der Waals surface area contributed by atoms with E-state index in [0.717, 1.165) is 10.0 Å². The van der Waals surface area contributed by atoms with Crippen LogP contribution in [0.2, 0.25) is 5.02 Å². The summed E-state index contributed by atoms with van der Waals surface area (Å²) in [6, 6.07) is 10.6. The van der Waals surface area contributed by atoms with E-state index >= 15 is 0 Å². The first-order chi connectivity index (χ1) is 8.99. The van der Waals surface area contributed by atoms with E-state index in [2.05, 4.69) is 21.2 Å². The standard InChI is InChI=1S/C14H12BrClN2O/c1-8-5-6-9(7-11(8)15)18-14(19)10-3-2-4-12(16)13(10)17/h2-7H,17H2,1H3,(H,18,19). The zero-order chi connectivity index (χ0) is 14.0. The summed E-state index contributed by atoms with van der Waals surface area (Å²) in [6.07, 6.45) is 0. The molecule has 0 fully saturated rings. The van der Waals surface area contributed by atoms with Crippen LogP contribution >= 0.6 is 27.5 Å². The normalized spacial score (nSPS) is 10.3. The van der Waals surface area contributed by atoms with Crippen molar-refractivity contribution in [3.63, 3.8) is 0 Å². The van der Waals surface area contributed by atoms with Gasteiger partial charge in [-0.05, 0) is 36.8 Å². The van der Waals surface area contributed by atoms with Gasteiger partial charge in [-0.3, -0.25) is 4.79 Å². The minimum atomic E-state index is -0.282. The number of anilines is 2. The van der Waals surface area contributed by atoms with Crippen LogP contribution in [0.15, 0.2) is 40.9 Å². The molecule has 0 aliphatic rings. The first kappa shape index (κ1) is 13.9. The van der Waals surface area contributed by atoms with Gasteiger partial charge in [0.2, 0.25) is 0 Å². The smallest absolute Gasteiger partial charge is 0.257 e. The van der Waals surface area contributed by atoms with Gasteiger partial charge in [-0.2, -0.15) is 0 Å². The molecule has 0 aliphatic carbocycles. The Labute approximate surface area is 124 Å². The highest BCUT2D eigenvalue weighted by Crippen LogP contribution is 2.25. The number of nitrogens with two attached hydrogens (primary N) is 1. The zero-order valence-electron chi connectivity index (χ0n) is 10.2. The number of amides is 1. The SMILES string of the molecule is Cc1ccc(NC(=O)c2cccc(Cl)c2N)cc1Br. The van der Waals surface area contributed by atoms with Crippen molar-refractivity contribution >= 4 is 44.8 Å². The minimum absolute atomic E-state index is 0.282. The van der Waals surface area contributed by atoms with E-state index in [1.165, 1.54) is 0 Å². The number of benzene rings is 2. The molecular formula is C14H12BrClN2O. The van der Waals surface area contributed by atoms with Gasteiger partial charge in [0.25, 0.3) is 5.91 Å². The van der Waals surface area contributed by atoms with Crippen molar-refractivity contribution in [2.45, 2.75) is 6.92 Å². The molecule has 2 aromatic carbocycles. The van der Waals surface area contributed by atoms with Gasteiger partial charge in [0.05, 0.1) is 16.3 Å². The van der Waals surface area contributed by atoms with Crippen LogP contribution in [0.4, 0.5) is 11.4 Å². The van der Waals surface area contributed by atoms with Crippen molar-refractivity contribution in [1.82, 2.24) is 0 Å². The van der Waals surface area contributed by atoms with E-state index in [9.17, 15) is 4.79 Å². The summed E-state index contributed by atoms with van der Waals surface area (Å²) >= 11 is 9.32. The van der Waals surface area contributed by atoms with Crippen LogP contribution in [-0.2, 0) is 0 Å². The predicted molar refractivity (Wildman–Crippen MR) is 82.7 cm³/mol. The molecule has 0 atom stereocenters. The summed E-state index contributed by atoms with van der Waals surface area (Å²) < 4.78 is 0.935. The average molecular weight is 340 g/mol. The lowest BCUT2D eigenvalue weighted by Gasteiger charge is -2.09. The van der Waals surface area contributed by atoms with Crippen LogP contribution in [0.25, 0.3) is 0 Å². The lowest BCUT2D eigenvalue weighted by atomic mass is 10.1. The van der Waals surface area contributed by atoms with Crippen LogP contribution in [0, 0.1) is 6.92 Å². The summed E-state index contributed by atoms with van der Waals surface area (Å²) in [5.74, 6) is -0.282. The number of aryl methyl sites for hydroxylation is 1. The van der Waals surface area contributed by atoms with E-state index in [1.807, 2.05) is 25.1 Å². The highest BCUT2D eigenvalue weighted by Gasteiger charge is 2.12. The maximum atomic E-state index is 12.1. The molecule has 2 rings (SSSR count). The van der Waals surface area contributed by atoms with Crippen molar-refractivity contribution in [2.24, 2.45) is 0 Å². The maximum absolute atomic E-state index is 12.1. The van der Waals surface area contributed by atoms with Crippen LogP contribution in [-0.4, -0.2) is 5.91 Å². The molecule has 1 amide bonds. The molecule has 0 spiro atoms. The number of carbonyl (C=O) groups is 1. The molecule has 3 nitrogen and oxygen atoms in total. The fourth-order valence-corrected chi connectivity index (χ4v) is 2.16.